The zero-order valence-electron chi connectivity index (χ0n) is 12.2. The smallest absolute Gasteiger partial charge is 0.0194 e. The van der Waals surface area contributed by atoms with Crippen LogP contribution in [0.3, 0.4) is 0 Å². The molecule has 0 spiro atoms. The zero-order valence-corrected chi connectivity index (χ0v) is 13.0. The molecule has 4 saturated carbocycles. The van der Waals surface area contributed by atoms with Crippen LogP contribution in [0, 0.1) is 23.7 Å². The van der Waals surface area contributed by atoms with Crippen molar-refractivity contribution >= 4 is 11.8 Å². The van der Waals surface area contributed by atoms with E-state index in [9.17, 15) is 0 Å². The standard InChI is InChI=1S/C17H29NS/c18-17(7-8-17)15-10-14(9-12-1-2-12)5-6-16(15)19-11-13-3-4-13/h12-16H,1-11,18H2. The first kappa shape index (κ1) is 13.0. The summed E-state index contributed by atoms with van der Waals surface area (Å²) < 4.78 is 0. The second-order valence-electron chi connectivity index (χ2n) is 8.01. The summed E-state index contributed by atoms with van der Waals surface area (Å²) in [7, 11) is 0. The highest BCUT2D eigenvalue weighted by Crippen LogP contribution is 2.53. The molecule has 0 bridgehead atoms. The zero-order chi connectivity index (χ0) is 12.9. The maximum absolute atomic E-state index is 6.63. The minimum atomic E-state index is 0.267. The quantitative estimate of drug-likeness (QED) is 0.788. The highest BCUT2D eigenvalue weighted by atomic mass is 32.2. The molecule has 3 unspecified atom stereocenters. The van der Waals surface area contributed by atoms with Crippen molar-refractivity contribution in [3.63, 3.8) is 0 Å². The Morgan fingerprint density at radius 2 is 1.58 bits per heavy atom. The highest BCUT2D eigenvalue weighted by molar-refractivity contribution is 7.99. The molecule has 3 atom stereocenters. The van der Waals surface area contributed by atoms with Crippen LogP contribution in [0.25, 0.3) is 0 Å². The van der Waals surface area contributed by atoms with E-state index in [2.05, 4.69) is 11.8 Å². The van der Waals surface area contributed by atoms with E-state index in [1.54, 1.807) is 0 Å². The van der Waals surface area contributed by atoms with Gasteiger partial charge in [-0.3, -0.25) is 0 Å². The van der Waals surface area contributed by atoms with Crippen molar-refractivity contribution in [3.05, 3.63) is 0 Å². The molecule has 19 heavy (non-hydrogen) atoms. The van der Waals surface area contributed by atoms with Crippen LogP contribution >= 0.6 is 11.8 Å². The fourth-order valence-electron chi connectivity index (χ4n) is 4.13. The molecule has 0 heterocycles. The molecule has 0 amide bonds. The molecule has 4 aliphatic carbocycles. The van der Waals surface area contributed by atoms with Crippen LogP contribution in [0.5, 0.6) is 0 Å². The Morgan fingerprint density at radius 1 is 0.895 bits per heavy atom. The Morgan fingerprint density at radius 3 is 2.21 bits per heavy atom. The highest BCUT2D eigenvalue weighted by Gasteiger charge is 2.51. The van der Waals surface area contributed by atoms with Crippen molar-refractivity contribution in [1.82, 2.24) is 0 Å². The number of hydrogen-bond donors (Lipinski definition) is 1. The number of hydrogen-bond acceptors (Lipinski definition) is 2. The van der Waals surface area contributed by atoms with E-state index < -0.39 is 0 Å². The molecule has 0 radical (unpaired) electrons. The van der Waals surface area contributed by atoms with Gasteiger partial charge in [-0.25, -0.2) is 0 Å². The Balaban J connectivity index is 1.36. The van der Waals surface area contributed by atoms with E-state index in [-0.39, 0.29) is 5.54 Å². The van der Waals surface area contributed by atoms with E-state index in [0.717, 1.165) is 28.9 Å². The van der Waals surface area contributed by atoms with Gasteiger partial charge in [0.2, 0.25) is 0 Å². The summed E-state index contributed by atoms with van der Waals surface area (Å²) in [5, 5.41) is 0.906. The van der Waals surface area contributed by atoms with Gasteiger partial charge in [-0.1, -0.05) is 12.8 Å². The predicted molar refractivity (Wildman–Crippen MR) is 83.3 cm³/mol. The molecule has 1 nitrogen and oxygen atoms in total. The average Bonchev–Trinajstić information content (AvgIpc) is 3.20. The lowest BCUT2D eigenvalue weighted by Crippen LogP contribution is -2.43. The topological polar surface area (TPSA) is 26.0 Å². The lowest BCUT2D eigenvalue weighted by Gasteiger charge is -2.39. The lowest BCUT2D eigenvalue weighted by molar-refractivity contribution is 0.217. The SMILES string of the molecule is NC1(C2CC(CC3CC3)CCC2SCC2CC2)CC1. The number of nitrogens with two attached hydrogens (primary N) is 1. The van der Waals surface area contributed by atoms with Crippen LogP contribution in [-0.4, -0.2) is 16.5 Å². The molecule has 108 valence electrons. The summed E-state index contributed by atoms with van der Waals surface area (Å²) in [6.45, 7) is 0. The first-order valence-corrected chi connectivity index (χ1v) is 9.68. The van der Waals surface area contributed by atoms with Gasteiger partial charge in [0.25, 0.3) is 0 Å². The van der Waals surface area contributed by atoms with Gasteiger partial charge in [0.05, 0.1) is 0 Å². The average molecular weight is 279 g/mol. The molecular formula is C17H29NS. The molecule has 4 fully saturated rings. The molecule has 0 aromatic rings. The fourth-order valence-corrected chi connectivity index (χ4v) is 5.90. The summed E-state index contributed by atoms with van der Waals surface area (Å²) in [6, 6.07) is 0. The van der Waals surface area contributed by atoms with Gasteiger partial charge in [0.1, 0.15) is 0 Å². The molecule has 2 heteroatoms. The van der Waals surface area contributed by atoms with E-state index in [4.69, 9.17) is 5.73 Å². The largest absolute Gasteiger partial charge is 0.325 e. The van der Waals surface area contributed by atoms with E-state index >= 15 is 0 Å². The Kier molecular flexibility index (Phi) is 3.38. The maximum atomic E-state index is 6.63. The van der Waals surface area contributed by atoms with Crippen molar-refractivity contribution in [2.24, 2.45) is 29.4 Å². The van der Waals surface area contributed by atoms with Crippen molar-refractivity contribution in [2.75, 3.05) is 5.75 Å². The third-order valence-corrected chi connectivity index (χ3v) is 7.72. The maximum Gasteiger partial charge on any atom is 0.0194 e. The Labute approximate surface area is 122 Å². The Hall–Kier alpha value is 0.310. The summed E-state index contributed by atoms with van der Waals surface area (Å²) in [5.74, 6) is 5.49. The van der Waals surface area contributed by atoms with Gasteiger partial charge in [-0.15, -0.1) is 0 Å². The van der Waals surface area contributed by atoms with Crippen molar-refractivity contribution in [3.8, 4) is 0 Å². The summed E-state index contributed by atoms with van der Waals surface area (Å²) in [6.07, 6.45) is 14.7. The van der Waals surface area contributed by atoms with Crippen LogP contribution in [0.2, 0.25) is 0 Å². The van der Waals surface area contributed by atoms with Gasteiger partial charge >= 0.3 is 0 Å². The van der Waals surface area contributed by atoms with Gasteiger partial charge in [-0.05, 0) is 80.8 Å². The second-order valence-corrected chi connectivity index (χ2v) is 9.29. The monoisotopic (exact) mass is 279 g/mol. The second kappa shape index (κ2) is 4.94. The van der Waals surface area contributed by atoms with Crippen molar-refractivity contribution < 1.29 is 0 Å². The van der Waals surface area contributed by atoms with Gasteiger partial charge in [0.15, 0.2) is 0 Å². The van der Waals surface area contributed by atoms with Crippen LogP contribution < -0.4 is 5.73 Å². The molecule has 0 aromatic carbocycles. The minimum absolute atomic E-state index is 0.267. The molecule has 0 saturated heterocycles. The summed E-state index contributed by atoms with van der Waals surface area (Å²) in [4.78, 5) is 0. The summed E-state index contributed by atoms with van der Waals surface area (Å²) in [5.41, 5.74) is 6.90. The molecule has 2 N–H and O–H groups in total. The first-order valence-electron chi connectivity index (χ1n) is 8.63. The number of thioether (sulfide) groups is 1. The van der Waals surface area contributed by atoms with Gasteiger partial charge in [-0.2, -0.15) is 11.8 Å². The molecule has 0 aromatic heterocycles. The minimum Gasteiger partial charge on any atom is -0.325 e. The van der Waals surface area contributed by atoms with Crippen molar-refractivity contribution in [2.45, 2.75) is 75.0 Å². The molecule has 0 aliphatic heterocycles. The lowest BCUT2D eigenvalue weighted by atomic mass is 9.74. The van der Waals surface area contributed by atoms with Crippen LogP contribution in [-0.2, 0) is 0 Å². The van der Waals surface area contributed by atoms with Crippen LogP contribution in [0.1, 0.15) is 64.2 Å². The molecular weight excluding hydrogens is 250 g/mol. The fraction of sp³-hybridized carbons (Fsp3) is 1.00. The third-order valence-electron chi connectivity index (χ3n) is 6.07. The first-order chi connectivity index (χ1) is 9.23. The predicted octanol–water partition coefficient (Wildman–Crippen LogP) is 4.21. The van der Waals surface area contributed by atoms with E-state index in [1.807, 2.05) is 0 Å². The van der Waals surface area contributed by atoms with Crippen LogP contribution in [0.15, 0.2) is 0 Å². The van der Waals surface area contributed by atoms with E-state index in [1.165, 1.54) is 70.0 Å². The number of rotatable bonds is 6. The van der Waals surface area contributed by atoms with Gasteiger partial charge in [0, 0.05) is 10.8 Å². The molecule has 4 aliphatic rings. The van der Waals surface area contributed by atoms with Gasteiger partial charge < -0.3 is 5.73 Å². The summed E-state index contributed by atoms with van der Waals surface area (Å²) >= 11 is 2.30. The third kappa shape index (κ3) is 3.15. The molecule has 4 rings (SSSR count). The van der Waals surface area contributed by atoms with Crippen LogP contribution in [0.4, 0.5) is 0 Å². The van der Waals surface area contributed by atoms with E-state index in [0.29, 0.717) is 0 Å². The van der Waals surface area contributed by atoms with Crippen molar-refractivity contribution in [1.29, 1.82) is 0 Å². The normalized spacial score (nSPS) is 41.2. The Bertz CT molecular complexity index is 330.